The highest BCUT2D eigenvalue weighted by atomic mass is 16.5. The summed E-state index contributed by atoms with van der Waals surface area (Å²) < 4.78 is 15.9. The lowest BCUT2D eigenvalue weighted by Gasteiger charge is -2.30. The van der Waals surface area contributed by atoms with Crippen molar-refractivity contribution in [2.24, 2.45) is 5.92 Å². The van der Waals surface area contributed by atoms with Crippen molar-refractivity contribution in [1.29, 1.82) is 0 Å². The average molecular weight is 413 g/mol. The number of amides is 1. The van der Waals surface area contributed by atoms with E-state index >= 15 is 0 Å². The molecule has 1 aromatic heterocycles. The van der Waals surface area contributed by atoms with Gasteiger partial charge in [0, 0.05) is 24.0 Å². The van der Waals surface area contributed by atoms with Crippen LogP contribution in [0.15, 0.2) is 22.8 Å². The van der Waals surface area contributed by atoms with Crippen LogP contribution in [0.2, 0.25) is 0 Å². The highest BCUT2D eigenvalue weighted by Crippen LogP contribution is 2.30. The summed E-state index contributed by atoms with van der Waals surface area (Å²) in [6.07, 6.45) is 6.10. The minimum absolute atomic E-state index is 0.0734. The van der Waals surface area contributed by atoms with E-state index in [1.165, 1.54) is 11.1 Å². The molecule has 1 aliphatic heterocycles. The molecule has 160 valence electrons. The van der Waals surface area contributed by atoms with Crippen molar-refractivity contribution in [2.45, 2.75) is 45.4 Å². The van der Waals surface area contributed by atoms with Gasteiger partial charge in [0.2, 0.25) is 0 Å². The third-order valence-corrected chi connectivity index (χ3v) is 6.03. The summed E-state index contributed by atoms with van der Waals surface area (Å²) in [4.78, 5) is 38.1. The lowest BCUT2D eigenvalue weighted by Crippen LogP contribution is -2.42. The number of benzene rings is 1. The quantitative estimate of drug-likeness (QED) is 0.677. The molecule has 2 aromatic rings. The standard InChI is InChI=1S/C23H27NO6/c1-2-28-23(27)15-6-8-24(9-7-15)21(25)14-30-22(26)12-18-13-29-20-11-17-5-3-4-16(17)10-19(18)20/h10-11,13,15H,2-9,12,14H2,1H3. The predicted molar refractivity (Wildman–Crippen MR) is 109 cm³/mol. The van der Waals surface area contributed by atoms with Crippen LogP contribution in [-0.2, 0) is 43.1 Å². The van der Waals surface area contributed by atoms with E-state index in [0.29, 0.717) is 32.5 Å². The summed E-state index contributed by atoms with van der Waals surface area (Å²) in [5.74, 6) is -1.05. The molecule has 2 heterocycles. The van der Waals surface area contributed by atoms with Crippen LogP contribution in [0.25, 0.3) is 11.0 Å². The molecule has 0 atom stereocenters. The molecule has 1 amide bonds. The molecule has 7 heteroatoms. The Balaban J connectivity index is 1.27. The van der Waals surface area contributed by atoms with E-state index in [1.54, 1.807) is 18.1 Å². The Hall–Kier alpha value is -2.83. The Morgan fingerprint density at radius 1 is 1.10 bits per heavy atom. The van der Waals surface area contributed by atoms with Gasteiger partial charge in [-0.25, -0.2) is 0 Å². The van der Waals surface area contributed by atoms with Crippen molar-refractivity contribution >= 4 is 28.8 Å². The van der Waals surface area contributed by atoms with Crippen LogP contribution in [0.5, 0.6) is 0 Å². The van der Waals surface area contributed by atoms with Gasteiger partial charge < -0.3 is 18.8 Å². The molecule has 1 aliphatic carbocycles. The molecule has 0 bridgehead atoms. The molecule has 30 heavy (non-hydrogen) atoms. The Labute approximate surface area is 175 Å². The van der Waals surface area contributed by atoms with E-state index in [-0.39, 0.29) is 30.8 Å². The number of hydrogen-bond donors (Lipinski definition) is 0. The van der Waals surface area contributed by atoms with Gasteiger partial charge >= 0.3 is 11.9 Å². The summed E-state index contributed by atoms with van der Waals surface area (Å²) in [5, 5.41) is 0.944. The minimum Gasteiger partial charge on any atom is -0.466 e. The van der Waals surface area contributed by atoms with Gasteiger partial charge in [-0.3, -0.25) is 14.4 Å². The molecule has 0 unspecified atom stereocenters. The number of carbonyl (C=O) groups is 3. The van der Waals surface area contributed by atoms with Crippen molar-refractivity contribution in [2.75, 3.05) is 26.3 Å². The second kappa shape index (κ2) is 8.90. The fourth-order valence-corrected chi connectivity index (χ4v) is 4.35. The van der Waals surface area contributed by atoms with Crippen molar-refractivity contribution < 1.29 is 28.3 Å². The Morgan fingerprint density at radius 3 is 2.57 bits per heavy atom. The molecule has 7 nitrogen and oxygen atoms in total. The Bertz CT molecular complexity index is 954. The number of fused-ring (bicyclic) bond motifs is 2. The Morgan fingerprint density at radius 2 is 1.83 bits per heavy atom. The van der Waals surface area contributed by atoms with Crippen molar-refractivity contribution in [1.82, 2.24) is 4.90 Å². The second-order valence-electron chi connectivity index (χ2n) is 7.98. The molecule has 0 radical (unpaired) electrons. The lowest BCUT2D eigenvalue weighted by atomic mass is 9.97. The first kappa shape index (κ1) is 20.4. The van der Waals surface area contributed by atoms with E-state index in [1.807, 2.05) is 0 Å². The maximum absolute atomic E-state index is 12.4. The number of rotatable bonds is 6. The number of nitrogens with zero attached hydrogens (tertiary/aromatic N) is 1. The SMILES string of the molecule is CCOC(=O)C1CCN(C(=O)COC(=O)Cc2coc3cc4c(cc23)CCC4)CC1. The van der Waals surface area contributed by atoms with E-state index in [4.69, 9.17) is 13.9 Å². The highest BCUT2D eigenvalue weighted by molar-refractivity contribution is 5.88. The molecular formula is C23H27NO6. The number of furan rings is 1. The number of aryl methyl sites for hydroxylation is 2. The summed E-state index contributed by atoms with van der Waals surface area (Å²) in [6, 6.07) is 4.18. The van der Waals surface area contributed by atoms with E-state index in [0.717, 1.165) is 35.8 Å². The lowest BCUT2D eigenvalue weighted by molar-refractivity contribution is -0.154. The normalized spacial score (nSPS) is 16.5. The topological polar surface area (TPSA) is 86.0 Å². The number of ether oxygens (including phenoxy) is 2. The van der Waals surface area contributed by atoms with E-state index < -0.39 is 5.97 Å². The van der Waals surface area contributed by atoms with Gasteiger partial charge in [0.1, 0.15) is 5.58 Å². The zero-order valence-electron chi connectivity index (χ0n) is 17.3. The number of carbonyl (C=O) groups excluding carboxylic acids is 3. The van der Waals surface area contributed by atoms with Crippen LogP contribution in [-0.4, -0.2) is 49.0 Å². The smallest absolute Gasteiger partial charge is 0.310 e. The molecule has 4 rings (SSSR count). The van der Waals surface area contributed by atoms with Crippen LogP contribution in [0.4, 0.5) is 0 Å². The molecular weight excluding hydrogens is 386 g/mol. The number of hydrogen-bond acceptors (Lipinski definition) is 6. The molecule has 0 saturated carbocycles. The van der Waals surface area contributed by atoms with Gasteiger partial charge in [0.15, 0.2) is 6.61 Å². The molecule has 1 saturated heterocycles. The van der Waals surface area contributed by atoms with Gasteiger partial charge in [-0.15, -0.1) is 0 Å². The fraction of sp³-hybridized carbons (Fsp3) is 0.522. The third kappa shape index (κ3) is 4.35. The zero-order valence-corrected chi connectivity index (χ0v) is 17.3. The van der Waals surface area contributed by atoms with Crippen LogP contribution in [0.1, 0.15) is 42.9 Å². The van der Waals surface area contributed by atoms with Crippen LogP contribution < -0.4 is 0 Å². The monoisotopic (exact) mass is 413 g/mol. The summed E-state index contributed by atoms with van der Waals surface area (Å²) in [6.45, 7) is 2.80. The number of esters is 2. The predicted octanol–water partition coefficient (Wildman–Crippen LogP) is 2.81. The van der Waals surface area contributed by atoms with Gasteiger partial charge in [-0.2, -0.15) is 0 Å². The van der Waals surface area contributed by atoms with E-state index in [9.17, 15) is 14.4 Å². The summed E-state index contributed by atoms with van der Waals surface area (Å²) in [7, 11) is 0. The number of likely N-dealkylation sites (tertiary alicyclic amines) is 1. The van der Waals surface area contributed by atoms with E-state index in [2.05, 4.69) is 12.1 Å². The second-order valence-corrected chi connectivity index (χ2v) is 7.98. The first-order valence-corrected chi connectivity index (χ1v) is 10.7. The molecule has 1 aromatic carbocycles. The van der Waals surface area contributed by atoms with Gasteiger partial charge in [0.25, 0.3) is 5.91 Å². The fourth-order valence-electron chi connectivity index (χ4n) is 4.35. The minimum atomic E-state index is -0.451. The third-order valence-electron chi connectivity index (χ3n) is 6.03. The summed E-state index contributed by atoms with van der Waals surface area (Å²) >= 11 is 0. The van der Waals surface area contributed by atoms with Crippen molar-refractivity contribution in [3.63, 3.8) is 0 Å². The van der Waals surface area contributed by atoms with Crippen LogP contribution in [0, 0.1) is 5.92 Å². The van der Waals surface area contributed by atoms with Crippen molar-refractivity contribution in [3.8, 4) is 0 Å². The number of piperidine rings is 1. The Kier molecular flexibility index (Phi) is 6.06. The van der Waals surface area contributed by atoms with Gasteiger partial charge in [0.05, 0.1) is 25.2 Å². The molecule has 0 N–H and O–H groups in total. The molecule has 0 spiro atoms. The zero-order chi connectivity index (χ0) is 21.1. The summed E-state index contributed by atoms with van der Waals surface area (Å²) in [5.41, 5.74) is 4.22. The van der Waals surface area contributed by atoms with Crippen molar-refractivity contribution in [3.05, 3.63) is 35.1 Å². The maximum atomic E-state index is 12.4. The molecule has 1 fully saturated rings. The van der Waals surface area contributed by atoms with Crippen LogP contribution >= 0.6 is 0 Å². The van der Waals surface area contributed by atoms with Crippen LogP contribution in [0.3, 0.4) is 0 Å². The highest BCUT2D eigenvalue weighted by Gasteiger charge is 2.28. The average Bonchev–Trinajstić information content (AvgIpc) is 3.37. The molecule has 2 aliphatic rings. The van der Waals surface area contributed by atoms with Gasteiger partial charge in [-0.05, 0) is 62.3 Å². The largest absolute Gasteiger partial charge is 0.466 e. The first-order chi connectivity index (χ1) is 14.5. The first-order valence-electron chi connectivity index (χ1n) is 10.7. The maximum Gasteiger partial charge on any atom is 0.310 e. The van der Waals surface area contributed by atoms with Gasteiger partial charge in [-0.1, -0.05) is 0 Å².